The Labute approximate surface area is 164 Å². The average Bonchev–Trinajstić information content (AvgIpc) is 3.14. The van der Waals surface area contributed by atoms with Gasteiger partial charge in [-0.3, -0.25) is 4.99 Å². The molecular formula is C19H19F4N3O3. The van der Waals surface area contributed by atoms with Gasteiger partial charge in [-0.15, -0.1) is 0 Å². The van der Waals surface area contributed by atoms with E-state index in [0.717, 1.165) is 6.07 Å². The molecule has 1 aliphatic rings. The number of aliphatic imine (C=N–C) groups is 1. The third kappa shape index (κ3) is 5.21. The van der Waals surface area contributed by atoms with E-state index in [1.54, 1.807) is 6.07 Å². The topological polar surface area (TPSA) is 64.1 Å². The van der Waals surface area contributed by atoms with Crippen molar-refractivity contribution in [3.8, 4) is 17.2 Å². The lowest BCUT2D eigenvalue weighted by Crippen LogP contribution is -2.38. The van der Waals surface area contributed by atoms with Gasteiger partial charge >= 0.3 is 6.61 Å². The van der Waals surface area contributed by atoms with Gasteiger partial charge in [0.25, 0.3) is 0 Å². The van der Waals surface area contributed by atoms with Crippen molar-refractivity contribution in [1.82, 2.24) is 10.6 Å². The number of fused-ring (bicyclic) bond motifs is 1. The number of halogens is 4. The van der Waals surface area contributed by atoms with E-state index in [1.165, 1.54) is 25.2 Å². The van der Waals surface area contributed by atoms with Crippen molar-refractivity contribution in [2.45, 2.75) is 19.6 Å². The minimum Gasteiger partial charge on any atom is -0.454 e. The summed E-state index contributed by atoms with van der Waals surface area (Å²) in [6.45, 7) is -2.61. The van der Waals surface area contributed by atoms with Crippen molar-refractivity contribution in [2.24, 2.45) is 4.99 Å². The van der Waals surface area contributed by atoms with Gasteiger partial charge in [-0.1, -0.05) is 12.1 Å². The molecule has 10 heteroatoms. The molecule has 0 fully saturated rings. The number of benzene rings is 2. The van der Waals surface area contributed by atoms with Gasteiger partial charge in [0.1, 0.15) is 5.75 Å². The largest absolute Gasteiger partial charge is 0.454 e. The highest BCUT2D eigenvalue weighted by atomic mass is 19.3. The lowest BCUT2D eigenvalue weighted by molar-refractivity contribution is -0.0505. The summed E-state index contributed by atoms with van der Waals surface area (Å²) in [6.07, 6.45) is 0.230. The second-order valence-electron chi connectivity index (χ2n) is 6.01. The van der Waals surface area contributed by atoms with Crippen LogP contribution in [0.3, 0.4) is 0 Å². The van der Waals surface area contributed by atoms with Crippen LogP contribution in [-0.2, 0) is 13.0 Å². The second kappa shape index (κ2) is 9.35. The molecular weight excluding hydrogens is 394 g/mol. The second-order valence-corrected chi connectivity index (χ2v) is 6.01. The molecule has 1 heterocycles. The first-order valence-corrected chi connectivity index (χ1v) is 8.72. The third-order valence-corrected chi connectivity index (χ3v) is 4.16. The lowest BCUT2D eigenvalue weighted by Gasteiger charge is -2.15. The molecule has 2 N–H and O–H groups in total. The summed E-state index contributed by atoms with van der Waals surface area (Å²) in [5.74, 6) is -0.737. The first kappa shape index (κ1) is 20.6. The van der Waals surface area contributed by atoms with E-state index in [1.807, 2.05) is 0 Å². The molecule has 3 rings (SSSR count). The Bertz CT molecular complexity index is 893. The summed E-state index contributed by atoms with van der Waals surface area (Å²) in [4.78, 5) is 4.02. The molecule has 0 saturated carbocycles. The Morgan fingerprint density at radius 3 is 2.62 bits per heavy atom. The molecule has 156 valence electrons. The predicted molar refractivity (Wildman–Crippen MR) is 97.5 cm³/mol. The highest BCUT2D eigenvalue weighted by molar-refractivity contribution is 5.79. The summed E-state index contributed by atoms with van der Waals surface area (Å²) in [7, 11) is 1.52. The number of rotatable bonds is 7. The number of hydrogen-bond donors (Lipinski definition) is 2. The maximum Gasteiger partial charge on any atom is 0.387 e. The quantitative estimate of drug-likeness (QED) is 0.415. The summed E-state index contributed by atoms with van der Waals surface area (Å²) in [5, 5.41) is 5.90. The Morgan fingerprint density at radius 1 is 1.14 bits per heavy atom. The van der Waals surface area contributed by atoms with Gasteiger partial charge in [-0.25, -0.2) is 8.78 Å². The Balaban J connectivity index is 1.60. The highest BCUT2D eigenvalue weighted by Gasteiger charge is 2.20. The third-order valence-electron chi connectivity index (χ3n) is 4.16. The van der Waals surface area contributed by atoms with Crippen molar-refractivity contribution in [3.05, 3.63) is 53.1 Å². The molecule has 0 aliphatic carbocycles. The number of ether oxygens (including phenoxy) is 3. The van der Waals surface area contributed by atoms with Gasteiger partial charge in [0.05, 0.1) is 0 Å². The zero-order valence-corrected chi connectivity index (χ0v) is 15.5. The van der Waals surface area contributed by atoms with Gasteiger partial charge in [0.15, 0.2) is 29.1 Å². The molecule has 2 aromatic rings. The van der Waals surface area contributed by atoms with Crippen LogP contribution in [0.1, 0.15) is 11.1 Å². The zero-order valence-electron chi connectivity index (χ0n) is 15.5. The van der Waals surface area contributed by atoms with Gasteiger partial charge in [0.2, 0.25) is 6.79 Å². The summed E-state index contributed by atoms with van der Waals surface area (Å²) >= 11 is 0. The van der Waals surface area contributed by atoms with Crippen LogP contribution in [0, 0.1) is 11.6 Å². The van der Waals surface area contributed by atoms with Crippen LogP contribution in [0.4, 0.5) is 17.6 Å². The van der Waals surface area contributed by atoms with Crippen LogP contribution in [0.2, 0.25) is 0 Å². The first-order valence-electron chi connectivity index (χ1n) is 8.72. The minimum absolute atomic E-state index is 0.000196. The molecule has 1 aliphatic heterocycles. The van der Waals surface area contributed by atoms with Gasteiger partial charge < -0.3 is 24.8 Å². The molecule has 0 radical (unpaired) electrons. The Hall–Kier alpha value is -3.17. The molecule has 0 amide bonds. The molecule has 2 aromatic carbocycles. The predicted octanol–water partition coefficient (Wildman–Crippen LogP) is 3.20. The minimum atomic E-state index is -2.99. The standard InChI is InChI=1S/C19H19F4N3O3/c1-24-19(25-6-5-11-3-2-4-13(20)17(11)21)26-9-12-7-15-16(28-10-27-15)8-14(12)29-18(22)23/h2-4,7-8,18H,5-6,9-10H2,1H3,(H2,24,25,26). The average molecular weight is 413 g/mol. The maximum atomic E-state index is 13.7. The van der Waals surface area contributed by atoms with Crippen molar-refractivity contribution in [1.29, 1.82) is 0 Å². The van der Waals surface area contributed by atoms with Crippen LogP contribution in [0.5, 0.6) is 17.2 Å². The number of alkyl halides is 2. The fourth-order valence-electron chi connectivity index (χ4n) is 2.77. The molecule has 0 bridgehead atoms. The van der Waals surface area contributed by atoms with Gasteiger partial charge in [-0.05, 0) is 24.1 Å². The lowest BCUT2D eigenvalue weighted by atomic mass is 10.1. The van der Waals surface area contributed by atoms with Crippen molar-refractivity contribution < 1.29 is 31.8 Å². The number of guanidine groups is 1. The normalized spacial score (nSPS) is 13.0. The van der Waals surface area contributed by atoms with Crippen molar-refractivity contribution in [2.75, 3.05) is 20.4 Å². The van der Waals surface area contributed by atoms with E-state index < -0.39 is 18.2 Å². The van der Waals surface area contributed by atoms with Crippen LogP contribution >= 0.6 is 0 Å². The fraction of sp³-hybridized carbons (Fsp3) is 0.316. The smallest absolute Gasteiger partial charge is 0.387 e. The molecule has 29 heavy (non-hydrogen) atoms. The zero-order chi connectivity index (χ0) is 20.8. The number of nitrogens with one attached hydrogen (secondary N) is 2. The van der Waals surface area contributed by atoms with Crippen LogP contribution in [-0.4, -0.2) is 33.0 Å². The first-order chi connectivity index (χ1) is 14.0. The van der Waals surface area contributed by atoms with Gasteiger partial charge in [0, 0.05) is 31.8 Å². The summed E-state index contributed by atoms with van der Waals surface area (Å²) in [5.41, 5.74) is 0.644. The fourth-order valence-corrected chi connectivity index (χ4v) is 2.77. The van der Waals surface area contributed by atoms with E-state index >= 15 is 0 Å². The van der Waals surface area contributed by atoms with Gasteiger partial charge in [-0.2, -0.15) is 8.78 Å². The number of nitrogens with zero attached hydrogens (tertiary/aromatic N) is 1. The van der Waals surface area contributed by atoms with E-state index in [9.17, 15) is 17.6 Å². The van der Waals surface area contributed by atoms with Crippen molar-refractivity contribution >= 4 is 5.96 Å². The molecule has 0 aromatic heterocycles. The van der Waals surface area contributed by atoms with E-state index in [2.05, 4.69) is 20.4 Å². The molecule has 6 nitrogen and oxygen atoms in total. The van der Waals surface area contributed by atoms with E-state index in [-0.39, 0.29) is 37.6 Å². The van der Waals surface area contributed by atoms with Crippen molar-refractivity contribution in [3.63, 3.8) is 0 Å². The molecule has 0 atom stereocenters. The van der Waals surface area contributed by atoms with E-state index in [4.69, 9.17) is 9.47 Å². The maximum absolute atomic E-state index is 13.7. The van der Waals surface area contributed by atoms with Crippen LogP contribution < -0.4 is 24.8 Å². The molecule has 0 unspecified atom stereocenters. The monoisotopic (exact) mass is 413 g/mol. The molecule has 0 spiro atoms. The van der Waals surface area contributed by atoms with Crippen LogP contribution in [0.15, 0.2) is 35.3 Å². The molecule has 0 saturated heterocycles. The number of hydrogen-bond acceptors (Lipinski definition) is 4. The SMILES string of the molecule is CN=C(NCCc1cccc(F)c1F)NCc1cc2c(cc1OC(F)F)OCO2. The van der Waals surface area contributed by atoms with E-state index in [0.29, 0.717) is 23.0 Å². The Morgan fingerprint density at radius 2 is 1.90 bits per heavy atom. The van der Waals surface area contributed by atoms with Crippen LogP contribution in [0.25, 0.3) is 0 Å². The summed E-state index contributed by atoms with van der Waals surface area (Å²) < 4.78 is 67.3. The Kier molecular flexibility index (Phi) is 6.63. The summed E-state index contributed by atoms with van der Waals surface area (Å²) in [6, 6.07) is 6.87. The highest BCUT2D eigenvalue weighted by Crippen LogP contribution is 2.38.